The fourth-order valence-corrected chi connectivity index (χ4v) is 3.55. The summed E-state index contributed by atoms with van der Waals surface area (Å²) in [5, 5.41) is 4.32. The second kappa shape index (κ2) is 9.65. The van der Waals surface area contributed by atoms with Crippen molar-refractivity contribution < 1.29 is 14.3 Å². The molecule has 6 heteroatoms. The van der Waals surface area contributed by atoms with Gasteiger partial charge in [0.05, 0.1) is 6.61 Å². The normalized spacial score (nSPS) is 14.6. The van der Waals surface area contributed by atoms with E-state index in [9.17, 15) is 4.79 Å². The van der Waals surface area contributed by atoms with E-state index in [0.29, 0.717) is 31.4 Å². The Labute approximate surface area is 160 Å². The lowest BCUT2D eigenvalue weighted by molar-refractivity contribution is 0.0875. The smallest absolute Gasteiger partial charge is 0.336 e. The monoisotopic (exact) mass is 371 g/mol. The third kappa shape index (κ3) is 5.16. The molecule has 1 saturated carbocycles. The molecule has 27 heavy (non-hydrogen) atoms. The zero-order chi connectivity index (χ0) is 19.1. The molecule has 0 saturated heterocycles. The molecule has 0 unspecified atom stereocenters. The van der Waals surface area contributed by atoms with Gasteiger partial charge in [0.25, 0.3) is 0 Å². The maximum Gasteiger partial charge on any atom is 0.336 e. The minimum absolute atomic E-state index is 0.0226. The van der Waals surface area contributed by atoms with Gasteiger partial charge in [0.15, 0.2) is 5.82 Å². The summed E-state index contributed by atoms with van der Waals surface area (Å²) in [6, 6.07) is 8.31. The van der Waals surface area contributed by atoms with E-state index in [2.05, 4.69) is 29.1 Å². The van der Waals surface area contributed by atoms with E-state index in [0.717, 1.165) is 18.4 Å². The number of nitrogens with zero attached hydrogens (tertiary/aromatic N) is 3. The lowest BCUT2D eigenvalue weighted by Gasteiger charge is -2.09. The van der Waals surface area contributed by atoms with Crippen molar-refractivity contribution in [1.82, 2.24) is 14.8 Å². The molecule has 1 fully saturated rings. The van der Waals surface area contributed by atoms with Gasteiger partial charge in [0, 0.05) is 19.1 Å². The van der Waals surface area contributed by atoms with Crippen molar-refractivity contribution in [3.8, 4) is 17.4 Å². The van der Waals surface area contributed by atoms with Crippen LogP contribution < -0.4 is 4.74 Å². The molecule has 0 atom stereocenters. The first-order valence-electron chi connectivity index (χ1n) is 9.92. The molecule has 1 aromatic carbocycles. The Morgan fingerprint density at radius 3 is 2.59 bits per heavy atom. The molecule has 6 nitrogen and oxygen atoms in total. The highest BCUT2D eigenvalue weighted by atomic mass is 16.5. The summed E-state index contributed by atoms with van der Waals surface area (Å²) in [4.78, 5) is 17.3. The van der Waals surface area contributed by atoms with Crippen molar-refractivity contribution in [3.63, 3.8) is 0 Å². The molecule has 0 bridgehead atoms. The number of aromatic nitrogens is 3. The number of benzene rings is 1. The van der Waals surface area contributed by atoms with E-state index in [1.165, 1.54) is 35.9 Å². The van der Waals surface area contributed by atoms with Gasteiger partial charge in [-0.2, -0.15) is 9.67 Å². The Balaban J connectivity index is 1.78. The van der Waals surface area contributed by atoms with Crippen LogP contribution in [0.5, 0.6) is 6.01 Å². The number of ether oxygens (including phenoxy) is 2. The molecular weight excluding hydrogens is 342 g/mol. The zero-order valence-electron chi connectivity index (χ0n) is 16.3. The first-order valence-corrected chi connectivity index (χ1v) is 9.92. The van der Waals surface area contributed by atoms with Gasteiger partial charge in [-0.05, 0) is 24.3 Å². The highest BCUT2D eigenvalue weighted by molar-refractivity contribution is 5.82. The predicted molar refractivity (Wildman–Crippen MR) is 104 cm³/mol. The van der Waals surface area contributed by atoms with E-state index in [4.69, 9.17) is 9.47 Å². The summed E-state index contributed by atoms with van der Waals surface area (Å²) >= 11 is 0. The number of hydrogen-bond acceptors (Lipinski definition) is 5. The largest absolute Gasteiger partial charge is 0.460 e. The molecule has 1 aliphatic rings. The first kappa shape index (κ1) is 19.5. The first-order chi connectivity index (χ1) is 13.2. The molecule has 1 heterocycles. The van der Waals surface area contributed by atoms with Crippen LogP contribution in [0.4, 0.5) is 0 Å². The number of hydrogen-bond donors (Lipinski definition) is 0. The molecule has 0 aliphatic heterocycles. The fourth-order valence-electron chi connectivity index (χ4n) is 3.55. The van der Waals surface area contributed by atoms with Crippen molar-refractivity contribution >= 4 is 5.91 Å². The maximum absolute atomic E-state index is 12.8. The molecule has 1 aromatic heterocycles. The van der Waals surface area contributed by atoms with Crippen LogP contribution >= 0.6 is 0 Å². The number of rotatable bonds is 9. The van der Waals surface area contributed by atoms with Gasteiger partial charge in [0.1, 0.15) is 6.61 Å². The van der Waals surface area contributed by atoms with E-state index < -0.39 is 0 Å². The van der Waals surface area contributed by atoms with Gasteiger partial charge in [-0.1, -0.05) is 56.9 Å². The lowest BCUT2D eigenvalue weighted by atomic mass is 10.0. The van der Waals surface area contributed by atoms with Crippen molar-refractivity contribution in [2.24, 2.45) is 5.92 Å². The molecule has 0 N–H and O–H groups in total. The molecule has 1 aliphatic carbocycles. The van der Waals surface area contributed by atoms with Gasteiger partial charge in [-0.15, -0.1) is 5.10 Å². The third-order valence-electron chi connectivity index (χ3n) is 5.20. The molecule has 0 amide bonds. The maximum atomic E-state index is 12.8. The molecule has 3 rings (SSSR count). The summed E-state index contributed by atoms with van der Waals surface area (Å²) < 4.78 is 12.0. The molecule has 0 radical (unpaired) electrons. The Kier molecular flexibility index (Phi) is 6.98. The van der Waals surface area contributed by atoms with Crippen molar-refractivity contribution in [2.75, 3.05) is 20.3 Å². The van der Waals surface area contributed by atoms with Crippen LogP contribution in [-0.4, -0.2) is 41.0 Å². The SMILES string of the molecule is CCc1ccc(-c2nc(OCCOC)nn2C(=O)CCC2CCCC2)cc1. The fraction of sp³-hybridized carbons (Fsp3) is 0.571. The Morgan fingerprint density at radius 1 is 1.19 bits per heavy atom. The molecular formula is C21H29N3O3. The Bertz CT molecular complexity index is 734. The summed E-state index contributed by atoms with van der Waals surface area (Å²) in [5.74, 6) is 1.19. The average molecular weight is 371 g/mol. The van der Waals surface area contributed by atoms with Gasteiger partial charge < -0.3 is 9.47 Å². The quantitative estimate of drug-likeness (QED) is 0.620. The summed E-state index contributed by atoms with van der Waals surface area (Å²) in [6.45, 7) is 2.92. The van der Waals surface area contributed by atoms with Crippen LogP contribution in [0.2, 0.25) is 0 Å². The Morgan fingerprint density at radius 2 is 1.93 bits per heavy atom. The number of aryl methyl sites for hydroxylation is 1. The summed E-state index contributed by atoms with van der Waals surface area (Å²) in [7, 11) is 1.61. The van der Waals surface area contributed by atoms with Crippen LogP contribution in [0.15, 0.2) is 24.3 Å². The zero-order valence-corrected chi connectivity index (χ0v) is 16.3. The van der Waals surface area contributed by atoms with Crippen LogP contribution in [0.3, 0.4) is 0 Å². The minimum atomic E-state index is -0.0226. The molecule has 0 spiro atoms. The number of carbonyl (C=O) groups excluding carboxylic acids is 1. The van der Waals surface area contributed by atoms with Crippen molar-refractivity contribution in [2.45, 2.75) is 51.9 Å². The number of carbonyl (C=O) groups is 1. The van der Waals surface area contributed by atoms with Crippen molar-refractivity contribution in [3.05, 3.63) is 29.8 Å². The number of methoxy groups -OCH3 is 1. The predicted octanol–water partition coefficient (Wildman–Crippen LogP) is 4.14. The van der Waals surface area contributed by atoms with Gasteiger partial charge in [-0.3, -0.25) is 4.79 Å². The molecule has 146 valence electrons. The van der Waals surface area contributed by atoms with E-state index >= 15 is 0 Å². The van der Waals surface area contributed by atoms with E-state index in [1.807, 2.05) is 12.1 Å². The van der Waals surface area contributed by atoms with Crippen LogP contribution in [0, 0.1) is 5.92 Å². The van der Waals surface area contributed by atoms with Gasteiger partial charge >= 0.3 is 6.01 Å². The highest BCUT2D eigenvalue weighted by Gasteiger charge is 2.21. The van der Waals surface area contributed by atoms with Crippen LogP contribution in [-0.2, 0) is 11.2 Å². The second-order valence-corrected chi connectivity index (χ2v) is 7.10. The van der Waals surface area contributed by atoms with Crippen molar-refractivity contribution in [1.29, 1.82) is 0 Å². The van der Waals surface area contributed by atoms with Crippen LogP contribution in [0.25, 0.3) is 11.4 Å². The third-order valence-corrected chi connectivity index (χ3v) is 5.20. The second-order valence-electron chi connectivity index (χ2n) is 7.10. The van der Waals surface area contributed by atoms with Gasteiger partial charge in [-0.25, -0.2) is 0 Å². The Hall–Kier alpha value is -2.21. The molecule has 2 aromatic rings. The summed E-state index contributed by atoms with van der Waals surface area (Å²) in [5.41, 5.74) is 2.12. The average Bonchev–Trinajstić information content (AvgIpc) is 3.36. The lowest BCUT2D eigenvalue weighted by Crippen LogP contribution is -2.15. The standard InChI is InChI=1S/C21H29N3O3/c1-3-16-8-11-18(12-9-16)20-22-21(27-15-14-26-2)23-24(20)19(25)13-10-17-6-4-5-7-17/h8-9,11-12,17H,3-7,10,13-15H2,1-2H3. The van der Waals surface area contributed by atoms with E-state index in [-0.39, 0.29) is 11.9 Å². The summed E-state index contributed by atoms with van der Waals surface area (Å²) in [6.07, 6.45) is 7.43. The van der Waals surface area contributed by atoms with Gasteiger partial charge in [0.2, 0.25) is 5.91 Å². The topological polar surface area (TPSA) is 66.2 Å². The highest BCUT2D eigenvalue weighted by Crippen LogP contribution is 2.29. The van der Waals surface area contributed by atoms with E-state index in [1.54, 1.807) is 7.11 Å². The van der Waals surface area contributed by atoms with Crippen LogP contribution in [0.1, 0.15) is 55.8 Å². The minimum Gasteiger partial charge on any atom is -0.460 e.